The number of hydrogen-bond donors (Lipinski definition) is 1. The van der Waals surface area contributed by atoms with Crippen LogP contribution in [-0.2, 0) is 21.9 Å². The number of carbonyl (C=O) groups is 1. The van der Waals surface area contributed by atoms with E-state index in [4.69, 9.17) is 5.11 Å². The monoisotopic (exact) mass is 243 g/mol. The van der Waals surface area contributed by atoms with Gasteiger partial charge in [-0.2, -0.15) is 18.2 Å². The SMILES string of the molecule is O=CC1=C/C(=C/O)C=C1.[Fe].c1cc[cH-]c1. The van der Waals surface area contributed by atoms with E-state index in [1.165, 1.54) is 0 Å². The minimum absolute atomic E-state index is 0. The molecule has 1 aromatic rings. The van der Waals surface area contributed by atoms with Crippen LogP contribution in [0, 0.1) is 0 Å². The van der Waals surface area contributed by atoms with Crippen LogP contribution in [0.5, 0.6) is 0 Å². The van der Waals surface area contributed by atoms with Crippen LogP contribution in [0.1, 0.15) is 0 Å². The van der Waals surface area contributed by atoms with Gasteiger partial charge in [-0.25, -0.2) is 12.1 Å². The average molecular weight is 243 g/mol. The number of rotatable bonds is 1. The van der Waals surface area contributed by atoms with Crippen LogP contribution in [0.3, 0.4) is 0 Å². The minimum atomic E-state index is 0. The number of hydrogen-bond acceptors (Lipinski definition) is 2. The van der Waals surface area contributed by atoms with Crippen LogP contribution in [0.2, 0.25) is 0 Å². The fraction of sp³-hybridized carbons (Fsp3) is 0. The van der Waals surface area contributed by atoms with Gasteiger partial charge in [0, 0.05) is 28.2 Å². The molecule has 80 valence electrons. The van der Waals surface area contributed by atoms with Gasteiger partial charge in [0.15, 0.2) is 0 Å². The smallest absolute Gasteiger partial charge is 0.150 e. The molecule has 2 rings (SSSR count). The molecule has 2 nitrogen and oxygen atoms in total. The first-order chi connectivity index (χ1) is 6.86. The number of aldehydes is 1. The second-order valence-corrected chi connectivity index (χ2v) is 2.69. The molecule has 3 heteroatoms. The third-order valence-electron chi connectivity index (χ3n) is 1.64. The fourth-order valence-corrected chi connectivity index (χ4v) is 0.955. The summed E-state index contributed by atoms with van der Waals surface area (Å²) in [5.74, 6) is 0. The van der Waals surface area contributed by atoms with Gasteiger partial charge in [0.1, 0.15) is 6.29 Å². The number of allylic oxidation sites excluding steroid dienone is 5. The third-order valence-corrected chi connectivity index (χ3v) is 1.64. The summed E-state index contributed by atoms with van der Waals surface area (Å²) in [7, 11) is 0. The predicted octanol–water partition coefficient (Wildman–Crippen LogP) is 2.53. The Hall–Kier alpha value is -1.44. The molecule has 0 amide bonds. The molecule has 0 aromatic heterocycles. The van der Waals surface area contributed by atoms with Crippen molar-refractivity contribution in [3.63, 3.8) is 0 Å². The number of aliphatic hydroxyl groups is 1. The van der Waals surface area contributed by atoms with Gasteiger partial charge in [-0.05, 0) is 6.08 Å². The molecule has 1 N–H and O–H groups in total. The molecule has 0 saturated carbocycles. The van der Waals surface area contributed by atoms with Gasteiger partial charge < -0.3 is 5.11 Å². The van der Waals surface area contributed by atoms with Crippen molar-refractivity contribution in [1.29, 1.82) is 0 Å². The van der Waals surface area contributed by atoms with E-state index in [0.29, 0.717) is 11.1 Å². The zero-order valence-electron chi connectivity index (χ0n) is 7.98. The van der Waals surface area contributed by atoms with E-state index in [-0.39, 0.29) is 17.1 Å². The fourth-order valence-electron chi connectivity index (χ4n) is 0.955. The molecule has 0 atom stereocenters. The van der Waals surface area contributed by atoms with Crippen LogP contribution < -0.4 is 0 Å². The van der Waals surface area contributed by atoms with Crippen LogP contribution in [-0.4, -0.2) is 11.4 Å². The van der Waals surface area contributed by atoms with Gasteiger partial charge in [-0.3, -0.25) is 4.79 Å². The van der Waals surface area contributed by atoms with Crippen LogP contribution >= 0.6 is 0 Å². The van der Waals surface area contributed by atoms with Crippen molar-refractivity contribution in [3.8, 4) is 0 Å². The Kier molecular flexibility index (Phi) is 7.16. The molecule has 1 aromatic carbocycles. The second kappa shape index (κ2) is 7.92. The van der Waals surface area contributed by atoms with Crippen molar-refractivity contribution in [1.82, 2.24) is 0 Å². The van der Waals surface area contributed by atoms with E-state index in [9.17, 15) is 4.79 Å². The first kappa shape index (κ1) is 13.6. The van der Waals surface area contributed by atoms with Crippen molar-refractivity contribution >= 4 is 6.29 Å². The van der Waals surface area contributed by atoms with Crippen LogP contribution in [0.15, 0.2) is 66.0 Å². The maximum Gasteiger partial charge on any atom is 0.150 e. The summed E-state index contributed by atoms with van der Waals surface area (Å²) in [5, 5.41) is 8.41. The molecule has 0 saturated heterocycles. The molecule has 0 heterocycles. The average Bonchev–Trinajstić information content (AvgIpc) is 2.92. The maximum absolute atomic E-state index is 10.0. The molecule has 1 aliphatic rings. The molecule has 0 unspecified atom stereocenters. The standard InChI is InChI=1S/C7H6O2.C5H5.Fe/c8-4-6-1-2-7(3-6)5-9;1-2-4-5-3-1;/h1-5,8H;1-5H;/q;-1;/b6-4+;;. The van der Waals surface area contributed by atoms with Gasteiger partial charge in [-0.15, -0.1) is 0 Å². The van der Waals surface area contributed by atoms with Crippen molar-refractivity contribution in [2.24, 2.45) is 0 Å². The molecule has 15 heavy (non-hydrogen) atoms. The summed E-state index contributed by atoms with van der Waals surface area (Å²) in [6, 6.07) is 10.0. The second-order valence-electron chi connectivity index (χ2n) is 2.69. The maximum atomic E-state index is 10.0. The van der Waals surface area contributed by atoms with Crippen molar-refractivity contribution in [2.75, 3.05) is 0 Å². The molecule has 0 aliphatic heterocycles. The molecule has 0 bridgehead atoms. The van der Waals surface area contributed by atoms with E-state index in [1.54, 1.807) is 18.2 Å². The number of aliphatic hydroxyl groups excluding tert-OH is 1. The van der Waals surface area contributed by atoms with Crippen molar-refractivity contribution in [2.45, 2.75) is 0 Å². The minimum Gasteiger partial charge on any atom is -0.515 e. The van der Waals surface area contributed by atoms with E-state index in [0.717, 1.165) is 12.5 Å². The van der Waals surface area contributed by atoms with E-state index < -0.39 is 0 Å². The Bertz CT molecular complexity index is 342. The first-order valence-electron chi connectivity index (χ1n) is 4.23. The van der Waals surface area contributed by atoms with Crippen molar-refractivity contribution in [3.05, 3.63) is 66.0 Å². The Morgan fingerprint density at radius 1 is 1.20 bits per heavy atom. The Balaban J connectivity index is 0.000000280. The topological polar surface area (TPSA) is 37.3 Å². The van der Waals surface area contributed by atoms with Gasteiger partial charge in [-0.1, -0.05) is 12.2 Å². The Morgan fingerprint density at radius 3 is 2.13 bits per heavy atom. The van der Waals surface area contributed by atoms with E-state index >= 15 is 0 Å². The Labute approximate surface area is 99.5 Å². The van der Waals surface area contributed by atoms with Crippen LogP contribution in [0.4, 0.5) is 0 Å². The molecule has 0 spiro atoms. The zero-order chi connectivity index (χ0) is 10.2. The summed E-state index contributed by atoms with van der Waals surface area (Å²) >= 11 is 0. The number of carbonyl (C=O) groups excluding carboxylic acids is 1. The van der Waals surface area contributed by atoms with Gasteiger partial charge in [0.2, 0.25) is 0 Å². The summed E-state index contributed by atoms with van der Waals surface area (Å²) in [4.78, 5) is 10.0. The van der Waals surface area contributed by atoms with E-state index in [1.807, 2.05) is 30.3 Å². The zero-order valence-corrected chi connectivity index (χ0v) is 9.09. The first-order valence-corrected chi connectivity index (χ1v) is 4.23. The van der Waals surface area contributed by atoms with Gasteiger partial charge >= 0.3 is 0 Å². The van der Waals surface area contributed by atoms with Crippen molar-refractivity contribution < 1.29 is 27.0 Å². The summed E-state index contributed by atoms with van der Waals surface area (Å²) < 4.78 is 0. The molecular weight excluding hydrogens is 232 g/mol. The van der Waals surface area contributed by atoms with Crippen LogP contribution in [0.25, 0.3) is 0 Å². The molecular formula is C12H11FeO2-. The third kappa shape index (κ3) is 5.11. The van der Waals surface area contributed by atoms with Gasteiger partial charge in [0.25, 0.3) is 0 Å². The quantitative estimate of drug-likeness (QED) is 0.356. The molecule has 1 aliphatic carbocycles. The predicted molar refractivity (Wildman–Crippen MR) is 56.0 cm³/mol. The largest absolute Gasteiger partial charge is 0.515 e. The summed E-state index contributed by atoms with van der Waals surface area (Å²) in [5.41, 5.74) is 1.26. The molecule has 0 radical (unpaired) electrons. The molecule has 0 fully saturated rings. The van der Waals surface area contributed by atoms with E-state index in [2.05, 4.69) is 0 Å². The summed E-state index contributed by atoms with van der Waals surface area (Å²) in [6.45, 7) is 0. The summed E-state index contributed by atoms with van der Waals surface area (Å²) in [6.07, 6.45) is 6.63. The van der Waals surface area contributed by atoms with Gasteiger partial charge in [0.05, 0.1) is 6.26 Å². The normalized spacial score (nSPS) is 14.9. The Morgan fingerprint density at radius 2 is 1.87 bits per heavy atom.